The first-order chi connectivity index (χ1) is 11.9. The molecular weight excluding hydrogens is 371 g/mol. The van der Waals surface area contributed by atoms with Gasteiger partial charge in [0.15, 0.2) is 0 Å². The number of ether oxygens (including phenoxy) is 2. The molecule has 0 radical (unpaired) electrons. The van der Waals surface area contributed by atoms with E-state index in [-0.39, 0.29) is 12.0 Å². The standard InChI is InChI=1S/C16H16Cl2N2O5/c1-24-15(22)13-5-10(14(21)20(13)16(23)25-2)8-19-7-9-3-4-11(17)6-12(9)18/h3-4,6,8,13,19H,5,7H2,1-2H3/b10-8+/t13-/m0/s1. The summed E-state index contributed by atoms with van der Waals surface area (Å²) >= 11 is 11.9. The first-order valence-corrected chi connectivity index (χ1v) is 8.00. The van der Waals surface area contributed by atoms with Gasteiger partial charge in [-0.3, -0.25) is 4.79 Å². The first-order valence-electron chi connectivity index (χ1n) is 7.24. The van der Waals surface area contributed by atoms with Crippen LogP contribution in [-0.2, 0) is 25.6 Å². The van der Waals surface area contributed by atoms with Crippen LogP contribution in [0.4, 0.5) is 4.79 Å². The summed E-state index contributed by atoms with van der Waals surface area (Å²) in [5.74, 6) is -1.31. The normalized spacial score (nSPS) is 18.4. The number of nitrogens with one attached hydrogen (secondary N) is 1. The molecule has 1 aromatic rings. The highest BCUT2D eigenvalue weighted by Gasteiger charge is 2.44. The number of benzene rings is 1. The summed E-state index contributed by atoms with van der Waals surface area (Å²) in [6.07, 6.45) is 0.568. The van der Waals surface area contributed by atoms with Crippen molar-refractivity contribution >= 4 is 41.2 Å². The lowest BCUT2D eigenvalue weighted by molar-refractivity contribution is -0.147. The third kappa shape index (κ3) is 4.24. The van der Waals surface area contributed by atoms with E-state index >= 15 is 0 Å². The number of imide groups is 1. The minimum atomic E-state index is -1.04. The molecule has 0 saturated carbocycles. The van der Waals surface area contributed by atoms with Gasteiger partial charge in [0.05, 0.1) is 14.2 Å². The lowest BCUT2D eigenvalue weighted by Gasteiger charge is -2.18. The summed E-state index contributed by atoms with van der Waals surface area (Å²) in [6, 6.07) is 4.02. The van der Waals surface area contributed by atoms with Crippen molar-refractivity contribution < 1.29 is 23.9 Å². The van der Waals surface area contributed by atoms with Crippen LogP contribution >= 0.6 is 23.2 Å². The SMILES string of the molecule is COC(=O)[C@@H]1C/C(=C\NCc2ccc(Cl)cc2Cl)C(=O)N1C(=O)OC. The largest absolute Gasteiger partial charge is 0.467 e. The molecule has 2 rings (SSSR count). The third-order valence-electron chi connectivity index (χ3n) is 3.65. The van der Waals surface area contributed by atoms with Crippen molar-refractivity contribution in [1.29, 1.82) is 0 Å². The van der Waals surface area contributed by atoms with E-state index in [2.05, 4.69) is 14.8 Å². The lowest BCUT2D eigenvalue weighted by Crippen LogP contribution is -2.43. The Kier molecular flexibility index (Phi) is 6.27. The predicted molar refractivity (Wildman–Crippen MR) is 91.1 cm³/mol. The molecule has 25 heavy (non-hydrogen) atoms. The summed E-state index contributed by atoms with van der Waals surface area (Å²) < 4.78 is 9.20. The van der Waals surface area contributed by atoms with E-state index in [0.717, 1.165) is 17.6 Å². The van der Waals surface area contributed by atoms with Gasteiger partial charge in [-0.2, -0.15) is 0 Å². The van der Waals surface area contributed by atoms with Gasteiger partial charge in [-0.1, -0.05) is 29.3 Å². The fraction of sp³-hybridized carbons (Fsp3) is 0.312. The molecular formula is C16H16Cl2N2O5. The molecule has 0 aromatic heterocycles. The van der Waals surface area contributed by atoms with E-state index in [4.69, 9.17) is 23.2 Å². The van der Waals surface area contributed by atoms with E-state index in [1.54, 1.807) is 18.2 Å². The molecule has 1 aliphatic heterocycles. The minimum absolute atomic E-state index is 0.0297. The van der Waals surface area contributed by atoms with Gasteiger partial charge in [0.25, 0.3) is 5.91 Å². The molecule has 1 atom stereocenters. The molecule has 1 heterocycles. The molecule has 0 spiro atoms. The monoisotopic (exact) mass is 386 g/mol. The zero-order valence-corrected chi connectivity index (χ0v) is 15.1. The number of nitrogens with zero attached hydrogens (tertiary/aromatic N) is 1. The molecule has 2 amide bonds. The lowest BCUT2D eigenvalue weighted by atomic mass is 10.1. The van der Waals surface area contributed by atoms with Crippen molar-refractivity contribution in [2.75, 3.05) is 14.2 Å². The average Bonchev–Trinajstić information content (AvgIpc) is 2.92. The third-order valence-corrected chi connectivity index (χ3v) is 4.23. The number of amides is 2. The van der Waals surface area contributed by atoms with Crippen LogP contribution in [0.2, 0.25) is 10.0 Å². The van der Waals surface area contributed by atoms with Gasteiger partial charge in [0.1, 0.15) is 6.04 Å². The number of methoxy groups -OCH3 is 2. The smallest absolute Gasteiger partial charge is 0.417 e. The number of esters is 1. The minimum Gasteiger partial charge on any atom is -0.467 e. The van der Waals surface area contributed by atoms with Crippen LogP contribution < -0.4 is 5.32 Å². The molecule has 1 saturated heterocycles. The highest BCUT2D eigenvalue weighted by Crippen LogP contribution is 2.26. The summed E-state index contributed by atoms with van der Waals surface area (Å²) in [4.78, 5) is 36.7. The van der Waals surface area contributed by atoms with E-state index in [9.17, 15) is 14.4 Å². The Morgan fingerprint density at radius 3 is 2.64 bits per heavy atom. The highest BCUT2D eigenvalue weighted by molar-refractivity contribution is 6.35. The zero-order chi connectivity index (χ0) is 18.6. The molecule has 7 nitrogen and oxygen atoms in total. The van der Waals surface area contributed by atoms with Crippen molar-refractivity contribution in [3.63, 3.8) is 0 Å². The second-order valence-corrected chi connectivity index (χ2v) is 6.02. The molecule has 9 heteroatoms. The summed E-state index contributed by atoms with van der Waals surface area (Å²) in [5.41, 5.74) is 1.04. The Bertz CT molecular complexity index is 735. The molecule has 134 valence electrons. The Morgan fingerprint density at radius 2 is 2.04 bits per heavy atom. The van der Waals surface area contributed by atoms with E-state index < -0.39 is 24.0 Å². The molecule has 1 N–H and O–H groups in total. The quantitative estimate of drug-likeness (QED) is 0.631. The van der Waals surface area contributed by atoms with Crippen LogP contribution in [0, 0.1) is 0 Å². The maximum atomic E-state index is 12.4. The van der Waals surface area contributed by atoms with Crippen LogP contribution in [0.15, 0.2) is 30.0 Å². The van der Waals surface area contributed by atoms with E-state index in [0.29, 0.717) is 16.6 Å². The summed E-state index contributed by atoms with van der Waals surface area (Å²) in [7, 11) is 2.32. The number of carbonyl (C=O) groups is 3. The molecule has 0 unspecified atom stereocenters. The Balaban J connectivity index is 2.12. The number of rotatable bonds is 4. The number of halogens is 2. The Hall–Kier alpha value is -2.25. The summed E-state index contributed by atoms with van der Waals surface area (Å²) in [5, 5.41) is 3.95. The van der Waals surface area contributed by atoms with Crippen molar-refractivity contribution in [1.82, 2.24) is 10.2 Å². The van der Waals surface area contributed by atoms with Gasteiger partial charge < -0.3 is 14.8 Å². The molecule has 0 bridgehead atoms. The highest BCUT2D eigenvalue weighted by atomic mass is 35.5. The Labute approximate surface area is 154 Å². The zero-order valence-electron chi connectivity index (χ0n) is 13.5. The van der Waals surface area contributed by atoms with Crippen molar-refractivity contribution in [3.05, 3.63) is 45.6 Å². The second kappa shape index (κ2) is 8.22. The fourth-order valence-corrected chi connectivity index (χ4v) is 2.86. The maximum absolute atomic E-state index is 12.4. The van der Waals surface area contributed by atoms with Gasteiger partial charge in [-0.15, -0.1) is 0 Å². The van der Waals surface area contributed by atoms with Crippen molar-refractivity contribution in [2.24, 2.45) is 0 Å². The van der Waals surface area contributed by atoms with E-state index in [1.165, 1.54) is 13.3 Å². The molecule has 1 fully saturated rings. The fourth-order valence-electron chi connectivity index (χ4n) is 2.39. The maximum Gasteiger partial charge on any atom is 0.417 e. The topological polar surface area (TPSA) is 84.9 Å². The number of hydrogen-bond acceptors (Lipinski definition) is 6. The van der Waals surface area contributed by atoms with Gasteiger partial charge in [-0.05, 0) is 17.7 Å². The number of hydrogen-bond donors (Lipinski definition) is 1. The first kappa shape index (κ1) is 19.1. The number of carbonyl (C=O) groups excluding carboxylic acids is 3. The predicted octanol–water partition coefficient (Wildman–Crippen LogP) is 2.51. The second-order valence-electron chi connectivity index (χ2n) is 5.17. The van der Waals surface area contributed by atoms with Gasteiger partial charge in [0.2, 0.25) is 0 Å². The van der Waals surface area contributed by atoms with E-state index in [1.807, 2.05) is 0 Å². The van der Waals surface area contributed by atoms with Crippen LogP contribution in [0.25, 0.3) is 0 Å². The van der Waals surface area contributed by atoms with Gasteiger partial charge in [0, 0.05) is 34.8 Å². The van der Waals surface area contributed by atoms with Crippen molar-refractivity contribution in [3.8, 4) is 0 Å². The van der Waals surface area contributed by atoms with Crippen LogP contribution in [0.1, 0.15) is 12.0 Å². The van der Waals surface area contributed by atoms with Crippen LogP contribution in [0.3, 0.4) is 0 Å². The van der Waals surface area contributed by atoms with Gasteiger partial charge >= 0.3 is 12.1 Å². The Morgan fingerprint density at radius 1 is 1.32 bits per heavy atom. The van der Waals surface area contributed by atoms with Crippen LogP contribution in [0.5, 0.6) is 0 Å². The summed E-state index contributed by atoms with van der Waals surface area (Å²) in [6.45, 7) is 0.341. The van der Waals surface area contributed by atoms with Gasteiger partial charge in [-0.25, -0.2) is 14.5 Å². The van der Waals surface area contributed by atoms with Crippen LogP contribution in [-0.4, -0.2) is 43.1 Å². The number of likely N-dealkylation sites (tertiary alicyclic amines) is 1. The molecule has 0 aliphatic carbocycles. The van der Waals surface area contributed by atoms with Crippen molar-refractivity contribution in [2.45, 2.75) is 19.0 Å². The molecule has 1 aliphatic rings. The molecule has 1 aromatic carbocycles. The average molecular weight is 387 g/mol.